The quantitative estimate of drug-likeness (QED) is 0.476. The Balaban J connectivity index is 1.75. The minimum atomic E-state index is -0.551. The van der Waals surface area contributed by atoms with Gasteiger partial charge in [-0.2, -0.15) is 5.10 Å². The molecule has 0 unspecified atom stereocenters. The van der Waals surface area contributed by atoms with E-state index in [4.69, 9.17) is 4.74 Å². The fourth-order valence-corrected chi connectivity index (χ4v) is 4.73. The summed E-state index contributed by atoms with van der Waals surface area (Å²) in [4.78, 5) is 26.6. The summed E-state index contributed by atoms with van der Waals surface area (Å²) in [7, 11) is 0. The van der Waals surface area contributed by atoms with Crippen LogP contribution in [-0.4, -0.2) is 28.9 Å². The van der Waals surface area contributed by atoms with Gasteiger partial charge in [0.2, 0.25) is 0 Å². The summed E-state index contributed by atoms with van der Waals surface area (Å²) in [6, 6.07) is 15.2. The van der Waals surface area contributed by atoms with Crippen molar-refractivity contribution in [3.63, 3.8) is 0 Å². The van der Waals surface area contributed by atoms with Crippen LogP contribution in [0.4, 0.5) is 0 Å². The van der Waals surface area contributed by atoms with Crippen LogP contribution in [0, 0.1) is 0 Å². The minimum Gasteiger partial charge on any atom is -0.381 e. The van der Waals surface area contributed by atoms with Gasteiger partial charge in [0, 0.05) is 29.6 Å². The lowest BCUT2D eigenvalue weighted by Gasteiger charge is -2.38. The fourth-order valence-electron chi connectivity index (χ4n) is 4.33. The molecule has 3 aromatic rings. The van der Waals surface area contributed by atoms with Crippen molar-refractivity contribution in [2.45, 2.75) is 51.1 Å². The van der Waals surface area contributed by atoms with E-state index in [1.54, 1.807) is 12.1 Å². The van der Waals surface area contributed by atoms with E-state index in [2.05, 4.69) is 33.3 Å². The molecular weight excluding hydrogens is 470 g/mol. The summed E-state index contributed by atoms with van der Waals surface area (Å²) in [5.74, 6) is -0.271. The molecule has 1 aromatic heterocycles. The van der Waals surface area contributed by atoms with Gasteiger partial charge in [-0.05, 0) is 43.0 Å². The van der Waals surface area contributed by atoms with Crippen molar-refractivity contribution in [3.8, 4) is 0 Å². The summed E-state index contributed by atoms with van der Waals surface area (Å²) in [5, 5.41) is 8.91. The SMILES string of the molecule is CCCCCn1nc(C(=O)NC2(c3cccc(Br)c3)CCOCC2)c2ccccc2c1=O. The maximum atomic E-state index is 13.6. The highest BCUT2D eigenvalue weighted by Crippen LogP contribution is 2.34. The molecule has 2 aromatic carbocycles. The number of aromatic nitrogens is 2. The zero-order valence-corrected chi connectivity index (χ0v) is 19.9. The standard InChI is InChI=1S/C25H28BrN3O3/c1-2-3-6-14-29-24(31)21-11-5-4-10-20(21)22(28-29)23(30)27-25(12-15-32-16-13-25)18-8-7-9-19(26)17-18/h4-5,7-11,17H,2-3,6,12-16H2,1H3,(H,27,30). The van der Waals surface area contributed by atoms with Gasteiger partial charge in [-0.1, -0.05) is 66.0 Å². The van der Waals surface area contributed by atoms with E-state index in [0.29, 0.717) is 43.4 Å². The van der Waals surface area contributed by atoms with Gasteiger partial charge in [0.25, 0.3) is 11.5 Å². The summed E-state index contributed by atoms with van der Waals surface area (Å²) in [6.45, 7) is 3.75. The molecule has 0 saturated carbocycles. The molecule has 1 fully saturated rings. The first-order chi connectivity index (χ1) is 15.5. The van der Waals surface area contributed by atoms with E-state index in [9.17, 15) is 9.59 Å². The number of carbonyl (C=O) groups excluding carboxylic acids is 1. The van der Waals surface area contributed by atoms with E-state index in [-0.39, 0.29) is 17.2 Å². The molecular formula is C25H28BrN3O3. The Morgan fingerprint density at radius 3 is 2.59 bits per heavy atom. The number of halogens is 1. The normalized spacial score (nSPS) is 15.6. The molecule has 0 aliphatic carbocycles. The molecule has 1 aliphatic rings. The lowest BCUT2D eigenvalue weighted by atomic mass is 9.82. The van der Waals surface area contributed by atoms with Gasteiger partial charge in [-0.3, -0.25) is 9.59 Å². The van der Waals surface area contributed by atoms with Crippen molar-refractivity contribution in [2.75, 3.05) is 13.2 Å². The molecule has 4 rings (SSSR count). The Morgan fingerprint density at radius 1 is 1.12 bits per heavy atom. The van der Waals surface area contributed by atoms with Crippen LogP contribution in [0.1, 0.15) is 55.1 Å². The number of carbonyl (C=O) groups is 1. The van der Waals surface area contributed by atoms with E-state index in [1.807, 2.05) is 36.4 Å². The van der Waals surface area contributed by atoms with Gasteiger partial charge in [0.05, 0.1) is 10.9 Å². The number of ether oxygens (including phenoxy) is 1. The highest BCUT2D eigenvalue weighted by molar-refractivity contribution is 9.10. The van der Waals surface area contributed by atoms with Crippen LogP contribution in [0.3, 0.4) is 0 Å². The van der Waals surface area contributed by atoms with Gasteiger partial charge in [-0.15, -0.1) is 0 Å². The second-order valence-corrected chi connectivity index (χ2v) is 9.20. The first-order valence-electron chi connectivity index (χ1n) is 11.2. The lowest BCUT2D eigenvalue weighted by molar-refractivity contribution is 0.0343. The minimum absolute atomic E-state index is 0.152. The number of hydrogen-bond donors (Lipinski definition) is 1. The second-order valence-electron chi connectivity index (χ2n) is 8.29. The second kappa shape index (κ2) is 9.96. The number of aryl methyl sites for hydroxylation is 1. The Morgan fingerprint density at radius 2 is 1.88 bits per heavy atom. The summed E-state index contributed by atoms with van der Waals surface area (Å²) >= 11 is 3.55. The van der Waals surface area contributed by atoms with Gasteiger partial charge < -0.3 is 10.1 Å². The molecule has 1 saturated heterocycles. The van der Waals surface area contributed by atoms with Gasteiger partial charge in [-0.25, -0.2) is 4.68 Å². The largest absolute Gasteiger partial charge is 0.381 e. The van der Waals surface area contributed by atoms with E-state index >= 15 is 0 Å². The average molecular weight is 498 g/mol. The smallest absolute Gasteiger partial charge is 0.274 e. The van der Waals surface area contributed by atoms with Gasteiger partial charge in [0.15, 0.2) is 5.69 Å². The highest BCUT2D eigenvalue weighted by atomic mass is 79.9. The summed E-state index contributed by atoms with van der Waals surface area (Å²) < 4.78 is 8.01. The predicted octanol–water partition coefficient (Wildman–Crippen LogP) is 4.78. The topological polar surface area (TPSA) is 73.2 Å². The molecule has 1 amide bonds. The van der Waals surface area contributed by atoms with Crippen LogP contribution in [0.5, 0.6) is 0 Å². The average Bonchev–Trinajstić information content (AvgIpc) is 2.81. The van der Waals surface area contributed by atoms with Crippen LogP contribution < -0.4 is 10.9 Å². The monoisotopic (exact) mass is 497 g/mol. The molecule has 6 nitrogen and oxygen atoms in total. The first-order valence-corrected chi connectivity index (χ1v) is 12.0. The van der Waals surface area contributed by atoms with Crippen LogP contribution in [-0.2, 0) is 16.8 Å². The Kier molecular flexibility index (Phi) is 7.06. The van der Waals surface area contributed by atoms with Crippen LogP contribution in [0.15, 0.2) is 57.8 Å². The van der Waals surface area contributed by atoms with E-state index < -0.39 is 5.54 Å². The number of unbranched alkanes of at least 4 members (excludes halogenated alkanes) is 2. The molecule has 2 heterocycles. The van der Waals surface area contributed by atoms with Crippen LogP contribution >= 0.6 is 15.9 Å². The van der Waals surface area contributed by atoms with Gasteiger partial charge >= 0.3 is 0 Å². The van der Waals surface area contributed by atoms with Crippen molar-refractivity contribution < 1.29 is 9.53 Å². The maximum absolute atomic E-state index is 13.6. The third-order valence-corrected chi connectivity index (χ3v) is 6.63. The third kappa shape index (κ3) is 4.64. The molecule has 1 aliphatic heterocycles. The molecule has 0 spiro atoms. The molecule has 0 bridgehead atoms. The number of amides is 1. The lowest BCUT2D eigenvalue weighted by Crippen LogP contribution is -2.50. The van der Waals surface area contributed by atoms with Crippen molar-refractivity contribution in [1.29, 1.82) is 0 Å². The zero-order valence-electron chi connectivity index (χ0n) is 18.3. The molecule has 32 heavy (non-hydrogen) atoms. The number of nitrogens with zero attached hydrogens (tertiary/aromatic N) is 2. The maximum Gasteiger partial charge on any atom is 0.274 e. The Bertz CT molecular complexity index is 1170. The molecule has 168 valence electrons. The van der Waals surface area contributed by atoms with Crippen LogP contribution in [0.2, 0.25) is 0 Å². The molecule has 1 N–H and O–H groups in total. The van der Waals surface area contributed by atoms with E-state index in [0.717, 1.165) is 29.3 Å². The number of hydrogen-bond acceptors (Lipinski definition) is 4. The van der Waals surface area contributed by atoms with Crippen molar-refractivity contribution in [2.24, 2.45) is 0 Å². The molecule has 7 heteroatoms. The number of nitrogens with one attached hydrogen (secondary N) is 1. The van der Waals surface area contributed by atoms with E-state index in [1.165, 1.54) is 4.68 Å². The number of fused-ring (bicyclic) bond motifs is 1. The third-order valence-electron chi connectivity index (χ3n) is 6.13. The van der Waals surface area contributed by atoms with Crippen molar-refractivity contribution in [3.05, 3.63) is 74.6 Å². The Labute approximate surface area is 196 Å². The fraction of sp³-hybridized carbons (Fsp3) is 0.400. The Hall–Kier alpha value is -2.51. The summed E-state index contributed by atoms with van der Waals surface area (Å²) in [5.41, 5.74) is 0.619. The van der Waals surface area contributed by atoms with Crippen molar-refractivity contribution >= 4 is 32.6 Å². The van der Waals surface area contributed by atoms with Gasteiger partial charge in [0.1, 0.15) is 0 Å². The van der Waals surface area contributed by atoms with Crippen LogP contribution in [0.25, 0.3) is 10.8 Å². The molecule has 0 radical (unpaired) electrons. The zero-order chi connectivity index (χ0) is 22.6. The summed E-state index contributed by atoms with van der Waals surface area (Å²) in [6.07, 6.45) is 4.25. The van der Waals surface area contributed by atoms with Crippen molar-refractivity contribution in [1.82, 2.24) is 15.1 Å². The number of rotatable bonds is 7. The molecule has 0 atom stereocenters. The highest BCUT2D eigenvalue weighted by Gasteiger charge is 2.37. The predicted molar refractivity (Wildman–Crippen MR) is 129 cm³/mol. The first kappa shape index (κ1) is 22.7. The number of benzene rings is 2.